The second-order valence-corrected chi connectivity index (χ2v) is 6.08. The van der Waals surface area contributed by atoms with E-state index in [4.69, 9.17) is 4.74 Å². The maximum atomic E-state index is 12.8. The van der Waals surface area contributed by atoms with E-state index >= 15 is 0 Å². The molecular weight excluding hydrogens is 340 g/mol. The lowest BCUT2D eigenvalue weighted by Crippen LogP contribution is -2.33. The Morgan fingerprint density at radius 1 is 1.26 bits per heavy atom. The molecule has 3 rings (SSSR count). The first-order valence-corrected chi connectivity index (χ1v) is 8.71. The van der Waals surface area contributed by atoms with Gasteiger partial charge in [0.2, 0.25) is 0 Å². The fourth-order valence-corrected chi connectivity index (χ4v) is 2.92. The Morgan fingerprint density at radius 3 is 2.67 bits per heavy atom. The van der Waals surface area contributed by atoms with E-state index in [9.17, 15) is 9.90 Å². The number of rotatable bonds is 6. The Morgan fingerprint density at radius 2 is 2.00 bits per heavy atom. The predicted octanol–water partition coefficient (Wildman–Crippen LogP) is 2.24. The molecule has 0 aliphatic rings. The number of hydrogen-bond donors (Lipinski definition) is 2. The number of para-hydroxylation sites is 1. The Hall–Kier alpha value is -3.47. The number of aromatic nitrogens is 2. The lowest BCUT2D eigenvalue weighted by Gasteiger charge is -2.10. The van der Waals surface area contributed by atoms with Crippen LogP contribution in [0.1, 0.15) is 18.1 Å². The summed E-state index contributed by atoms with van der Waals surface area (Å²) in [4.78, 5) is 12.8. The van der Waals surface area contributed by atoms with Gasteiger partial charge in [-0.25, -0.2) is 4.68 Å². The van der Waals surface area contributed by atoms with Crippen LogP contribution in [0.25, 0.3) is 18.3 Å². The van der Waals surface area contributed by atoms with Gasteiger partial charge in [0, 0.05) is 5.56 Å². The number of benzene rings is 2. The van der Waals surface area contributed by atoms with Crippen molar-refractivity contribution in [1.29, 1.82) is 0 Å². The van der Waals surface area contributed by atoms with E-state index in [1.807, 2.05) is 43.3 Å². The van der Waals surface area contributed by atoms with E-state index in [1.165, 1.54) is 4.68 Å². The van der Waals surface area contributed by atoms with Crippen LogP contribution in [0.15, 0.2) is 59.9 Å². The molecular formula is C22H22N2O3. The zero-order valence-corrected chi connectivity index (χ0v) is 15.2. The first-order valence-electron chi connectivity index (χ1n) is 8.71. The summed E-state index contributed by atoms with van der Waals surface area (Å²) in [7, 11) is 0. The average molecular weight is 362 g/mol. The largest absolute Gasteiger partial charge is 0.504 e. The molecule has 0 bridgehead atoms. The highest BCUT2D eigenvalue weighted by Crippen LogP contribution is 2.32. The summed E-state index contributed by atoms with van der Waals surface area (Å²) < 4.78 is 6.99. The van der Waals surface area contributed by atoms with E-state index in [1.54, 1.807) is 18.2 Å². The molecule has 2 aromatic carbocycles. The van der Waals surface area contributed by atoms with Crippen molar-refractivity contribution in [3.8, 4) is 17.2 Å². The Kier molecular flexibility index (Phi) is 5.31. The molecule has 0 fully saturated rings. The fraction of sp³-hybridized carbons (Fsp3) is 0.136. The standard InChI is InChI=1S/C22H22N2O3/c1-4-9-17-12-16(14-20(21(17)25)27-5-2)13-19-15(3)23-24(22(19)26)18-10-7-6-8-11-18/h4,6-8,10-14,23,25H,1,3,5,9H2,2H3/b19-13-. The van der Waals surface area contributed by atoms with E-state index in [2.05, 4.69) is 18.3 Å². The van der Waals surface area contributed by atoms with Crippen LogP contribution in [-0.4, -0.2) is 21.5 Å². The summed E-state index contributed by atoms with van der Waals surface area (Å²) in [6.45, 7) is 9.95. The zero-order valence-electron chi connectivity index (χ0n) is 15.2. The third kappa shape index (κ3) is 3.72. The van der Waals surface area contributed by atoms with Crippen LogP contribution in [0.2, 0.25) is 0 Å². The molecule has 0 saturated carbocycles. The highest BCUT2D eigenvalue weighted by atomic mass is 16.5. The number of H-pyrrole nitrogens is 1. The number of aromatic hydroxyl groups is 1. The second-order valence-electron chi connectivity index (χ2n) is 6.08. The number of phenols is 1. The van der Waals surface area contributed by atoms with Crippen LogP contribution in [-0.2, 0) is 6.42 Å². The van der Waals surface area contributed by atoms with Gasteiger partial charge in [-0.2, -0.15) is 0 Å². The lowest BCUT2D eigenvalue weighted by atomic mass is 10.0. The number of ether oxygens (including phenoxy) is 1. The van der Waals surface area contributed by atoms with Crippen LogP contribution < -0.4 is 20.9 Å². The average Bonchev–Trinajstić information content (AvgIpc) is 2.94. The van der Waals surface area contributed by atoms with Gasteiger partial charge in [0.25, 0.3) is 5.56 Å². The highest BCUT2D eigenvalue weighted by Gasteiger charge is 2.10. The molecule has 1 aromatic heterocycles. The molecule has 0 amide bonds. The van der Waals surface area contributed by atoms with E-state index in [-0.39, 0.29) is 11.3 Å². The van der Waals surface area contributed by atoms with E-state index < -0.39 is 0 Å². The van der Waals surface area contributed by atoms with Crippen molar-refractivity contribution in [3.63, 3.8) is 0 Å². The topological polar surface area (TPSA) is 67.2 Å². The van der Waals surface area contributed by atoms with Crippen molar-refractivity contribution in [1.82, 2.24) is 9.78 Å². The summed E-state index contributed by atoms with van der Waals surface area (Å²) in [5, 5.41) is 14.3. The van der Waals surface area contributed by atoms with Crippen molar-refractivity contribution in [2.75, 3.05) is 6.61 Å². The first-order chi connectivity index (χ1) is 13.0. The van der Waals surface area contributed by atoms with Gasteiger partial charge in [0.15, 0.2) is 11.5 Å². The van der Waals surface area contributed by atoms with Crippen molar-refractivity contribution < 1.29 is 9.84 Å². The summed E-state index contributed by atoms with van der Waals surface area (Å²) in [6, 6.07) is 12.8. The molecule has 0 aliphatic heterocycles. The number of hydrogen-bond acceptors (Lipinski definition) is 3. The van der Waals surface area contributed by atoms with Gasteiger partial charge in [-0.1, -0.05) is 30.9 Å². The Balaban J connectivity index is 2.18. The highest BCUT2D eigenvalue weighted by molar-refractivity contribution is 5.59. The van der Waals surface area contributed by atoms with Crippen LogP contribution in [0.5, 0.6) is 11.5 Å². The third-order valence-electron chi connectivity index (χ3n) is 4.17. The molecule has 0 unspecified atom stereocenters. The van der Waals surface area contributed by atoms with Crippen LogP contribution in [0, 0.1) is 0 Å². The van der Waals surface area contributed by atoms with Gasteiger partial charge in [-0.15, -0.1) is 6.58 Å². The van der Waals surface area contributed by atoms with Crippen molar-refractivity contribution >= 4 is 12.7 Å². The van der Waals surface area contributed by atoms with Gasteiger partial charge in [0.05, 0.1) is 22.9 Å². The normalized spacial score (nSPS) is 11.5. The molecule has 0 atom stereocenters. The number of aromatic amines is 1. The quantitative estimate of drug-likeness (QED) is 0.661. The molecule has 0 aliphatic carbocycles. The molecule has 27 heavy (non-hydrogen) atoms. The molecule has 5 nitrogen and oxygen atoms in total. The van der Waals surface area contributed by atoms with Crippen molar-refractivity contribution in [2.45, 2.75) is 13.3 Å². The monoisotopic (exact) mass is 362 g/mol. The van der Waals surface area contributed by atoms with Crippen molar-refractivity contribution in [3.05, 3.63) is 87.2 Å². The minimum Gasteiger partial charge on any atom is -0.504 e. The lowest BCUT2D eigenvalue weighted by molar-refractivity contribution is 0.317. The maximum Gasteiger partial charge on any atom is 0.279 e. The van der Waals surface area contributed by atoms with Crippen LogP contribution in [0.4, 0.5) is 0 Å². The first kappa shape index (κ1) is 18.3. The van der Waals surface area contributed by atoms with E-state index in [0.29, 0.717) is 34.9 Å². The van der Waals surface area contributed by atoms with Gasteiger partial charge in [-0.3, -0.25) is 9.89 Å². The van der Waals surface area contributed by atoms with Crippen molar-refractivity contribution in [2.24, 2.45) is 0 Å². The van der Waals surface area contributed by atoms with Gasteiger partial charge < -0.3 is 9.84 Å². The smallest absolute Gasteiger partial charge is 0.279 e. The number of phenolic OH excluding ortho intramolecular Hbond substituents is 1. The maximum absolute atomic E-state index is 12.8. The zero-order chi connectivity index (χ0) is 19.4. The summed E-state index contributed by atoms with van der Waals surface area (Å²) in [6.07, 6.45) is 3.95. The second kappa shape index (κ2) is 7.83. The molecule has 0 saturated heterocycles. The minimum atomic E-state index is -0.192. The Bertz CT molecular complexity index is 1120. The van der Waals surface area contributed by atoms with Crippen LogP contribution in [0.3, 0.4) is 0 Å². The molecule has 5 heteroatoms. The van der Waals surface area contributed by atoms with Gasteiger partial charge >= 0.3 is 0 Å². The fourth-order valence-electron chi connectivity index (χ4n) is 2.92. The van der Waals surface area contributed by atoms with E-state index in [0.717, 1.165) is 11.3 Å². The molecule has 0 radical (unpaired) electrons. The van der Waals surface area contributed by atoms with Gasteiger partial charge in [-0.05, 0) is 49.2 Å². The summed E-state index contributed by atoms with van der Waals surface area (Å²) in [5.74, 6) is 0.479. The molecule has 3 aromatic rings. The minimum absolute atomic E-state index is 0.0968. The Labute approximate surface area is 157 Å². The molecule has 138 valence electrons. The van der Waals surface area contributed by atoms with Crippen LogP contribution >= 0.6 is 0 Å². The number of nitrogens with zero attached hydrogens (tertiary/aromatic N) is 1. The van der Waals surface area contributed by atoms with Gasteiger partial charge in [0.1, 0.15) is 0 Å². The summed E-state index contributed by atoms with van der Waals surface area (Å²) in [5.41, 5.74) is 1.98. The predicted molar refractivity (Wildman–Crippen MR) is 108 cm³/mol. The molecule has 0 spiro atoms. The number of allylic oxidation sites excluding steroid dienone is 1. The summed E-state index contributed by atoms with van der Waals surface area (Å²) >= 11 is 0. The molecule has 2 N–H and O–H groups in total. The third-order valence-corrected chi connectivity index (χ3v) is 4.17. The SMILES string of the molecule is C=CCc1cc(/C=c2/c(=C)[nH]n(-c3ccccc3)c2=O)cc(OCC)c1O. The molecule has 1 heterocycles. The number of nitrogens with one attached hydrogen (secondary N) is 1.